The largest absolute Gasteiger partial charge is 0.344 e. The van der Waals surface area contributed by atoms with Gasteiger partial charge >= 0.3 is 0 Å². The lowest BCUT2D eigenvalue weighted by Gasteiger charge is -2.30. The van der Waals surface area contributed by atoms with Crippen LogP contribution in [-0.2, 0) is 17.3 Å². The first-order valence-electron chi connectivity index (χ1n) is 19.3. The van der Waals surface area contributed by atoms with Crippen LogP contribution in [0.2, 0.25) is 0 Å². The first-order chi connectivity index (χ1) is 25.7. The van der Waals surface area contributed by atoms with E-state index in [-0.39, 0.29) is 10.8 Å². The van der Waals surface area contributed by atoms with E-state index in [0.29, 0.717) is 5.92 Å². The zero-order chi connectivity index (χ0) is 36.7. The van der Waals surface area contributed by atoms with Crippen LogP contribution < -0.4 is 4.90 Å². The van der Waals surface area contributed by atoms with E-state index < -0.39 is 0 Å². The first-order valence-corrected chi connectivity index (χ1v) is 19.3. The molecule has 264 valence electrons. The molecular weight excluding hydrogens is 641 g/mol. The van der Waals surface area contributed by atoms with Crippen molar-refractivity contribution in [2.24, 2.45) is 5.92 Å². The van der Waals surface area contributed by atoms with E-state index in [0.717, 1.165) is 25.8 Å². The fourth-order valence-electron chi connectivity index (χ4n) is 9.35. The average Bonchev–Trinajstić information content (AvgIpc) is 3.53. The summed E-state index contributed by atoms with van der Waals surface area (Å²) in [6.45, 7) is 14.7. The molecule has 2 aliphatic heterocycles. The smallest absolute Gasteiger partial charge is 0.210 e. The zero-order valence-electron chi connectivity index (χ0n) is 31.9. The van der Waals surface area contributed by atoms with Crippen LogP contribution in [-0.4, -0.2) is 23.9 Å². The lowest BCUT2D eigenvalue weighted by atomic mass is 9.73. The summed E-state index contributed by atoms with van der Waals surface area (Å²) in [5, 5.41) is 7.83. The molecule has 0 N–H and O–H groups in total. The number of fused-ring (bicyclic) bond motifs is 7. The fraction of sp³-hybridized carbons (Fsp3) is 0.235. The number of rotatable bonds is 10. The Hall–Kier alpha value is -5.47. The van der Waals surface area contributed by atoms with Crippen LogP contribution in [0.1, 0.15) is 57.2 Å². The summed E-state index contributed by atoms with van der Waals surface area (Å²) in [4.78, 5) is 2.58. The van der Waals surface area contributed by atoms with E-state index in [9.17, 15) is 0 Å². The van der Waals surface area contributed by atoms with Crippen molar-refractivity contribution < 1.29 is 4.58 Å². The minimum Gasteiger partial charge on any atom is -0.344 e. The molecule has 0 radical (unpaired) electrons. The molecule has 0 saturated heterocycles. The molecule has 2 heteroatoms. The molecule has 2 nitrogen and oxygen atoms in total. The highest BCUT2D eigenvalue weighted by molar-refractivity contribution is 6.08. The second kappa shape index (κ2) is 13.8. The summed E-state index contributed by atoms with van der Waals surface area (Å²) in [7, 11) is 2.23. The van der Waals surface area contributed by atoms with Gasteiger partial charge in [-0.05, 0) is 101 Å². The summed E-state index contributed by atoms with van der Waals surface area (Å²) in [6.07, 6.45) is 16.5. The van der Waals surface area contributed by atoms with Crippen molar-refractivity contribution in [2.45, 2.75) is 57.8 Å². The minimum absolute atomic E-state index is 0.176. The van der Waals surface area contributed by atoms with Crippen LogP contribution in [0.25, 0.3) is 32.3 Å². The molecule has 2 heterocycles. The predicted octanol–water partition coefficient (Wildman–Crippen LogP) is 12.8. The van der Waals surface area contributed by atoms with Crippen molar-refractivity contribution in [3.05, 3.63) is 181 Å². The minimum atomic E-state index is -0.222. The number of hydrogen-bond donors (Lipinski definition) is 0. The van der Waals surface area contributed by atoms with Crippen LogP contribution in [0.5, 0.6) is 0 Å². The summed E-state index contributed by atoms with van der Waals surface area (Å²) >= 11 is 0. The van der Waals surface area contributed by atoms with Gasteiger partial charge in [-0.25, -0.2) is 0 Å². The Kier molecular flexibility index (Phi) is 9.03. The van der Waals surface area contributed by atoms with Gasteiger partial charge in [-0.3, -0.25) is 0 Å². The molecule has 0 fully saturated rings. The van der Waals surface area contributed by atoms with E-state index in [1.54, 1.807) is 0 Å². The summed E-state index contributed by atoms with van der Waals surface area (Å²) in [5.74, 6) is 0.621. The SMILES string of the molecule is C=CCC1(C)\C(=C/C=C/C=C/C2=[N+](C)c3ccc4ccccc4c3C2(C)Cc2ccc3ccccc3c2)N(CCC(C)C)c2ccc3ccccc3c21. The molecule has 2 unspecified atom stereocenters. The van der Waals surface area contributed by atoms with Crippen molar-refractivity contribution in [1.29, 1.82) is 0 Å². The van der Waals surface area contributed by atoms with Crippen LogP contribution in [0.4, 0.5) is 11.4 Å². The highest BCUT2D eigenvalue weighted by Gasteiger charge is 2.48. The molecule has 0 amide bonds. The molecule has 0 spiro atoms. The van der Waals surface area contributed by atoms with Gasteiger partial charge in [0.1, 0.15) is 7.05 Å². The monoisotopic (exact) mass is 691 g/mol. The number of nitrogens with zero attached hydrogens (tertiary/aromatic N) is 2. The van der Waals surface area contributed by atoms with Crippen molar-refractivity contribution >= 4 is 49.4 Å². The quantitative estimate of drug-likeness (QED) is 0.0787. The molecule has 0 bridgehead atoms. The maximum atomic E-state index is 4.23. The maximum absolute atomic E-state index is 4.23. The standard InChI is InChI=1S/C51H51N2/c1-7-32-50(4)47(53(33-31-36(2)3)45-30-28-40-19-14-16-22-43(40)49(45)50)24-10-8-9-23-46-51(5,35-37-25-26-38-17-11-12-20-41(38)34-37)48-42-21-15-13-18-39(42)27-29-44(48)52(46)6/h7-30,34,36H,1,31-33,35H2,2-6H3/q+1. The van der Waals surface area contributed by atoms with Crippen molar-refractivity contribution in [1.82, 2.24) is 0 Å². The number of hydrogen-bond acceptors (Lipinski definition) is 1. The van der Waals surface area contributed by atoms with Crippen LogP contribution >= 0.6 is 0 Å². The Bertz CT molecular complexity index is 2510. The van der Waals surface area contributed by atoms with Gasteiger partial charge in [-0.15, -0.1) is 6.58 Å². The van der Waals surface area contributed by atoms with Crippen LogP contribution in [0.15, 0.2) is 164 Å². The Balaban J connectivity index is 1.18. The van der Waals surface area contributed by atoms with Gasteiger partial charge in [-0.2, -0.15) is 4.58 Å². The summed E-state index contributed by atoms with van der Waals surface area (Å²) in [6, 6.07) is 42.6. The van der Waals surface area contributed by atoms with Gasteiger partial charge < -0.3 is 4.90 Å². The van der Waals surface area contributed by atoms with Gasteiger partial charge in [-0.1, -0.05) is 135 Å². The Morgan fingerprint density at radius 1 is 0.698 bits per heavy atom. The van der Waals surface area contributed by atoms with Gasteiger partial charge in [0.05, 0.1) is 5.41 Å². The average molecular weight is 692 g/mol. The topological polar surface area (TPSA) is 6.25 Å². The Morgan fingerprint density at radius 2 is 1.34 bits per heavy atom. The van der Waals surface area contributed by atoms with E-state index >= 15 is 0 Å². The molecule has 53 heavy (non-hydrogen) atoms. The third-order valence-corrected chi connectivity index (χ3v) is 11.9. The van der Waals surface area contributed by atoms with Crippen molar-refractivity contribution in [3.63, 3.8) is 0 Å². The maximum Gasteiger partial charge on any atom is 0.210 e. The molecule has 0 saturated carbocycles. The second-order valence-corrected chi connectivity index (χ2v) is 16.0. The Labute approximate surface area is 315 Å². The van der Waals surface area contributed by atoms with Crippen molar-refractivity contribution in [2.75, 3.05) is 18.5 Å². The number of anilines is 1. The van der Waals surface area contributed by atoms with Gasteiger partial charge in [0.25, 0.3) is 0 Å². The summed E-state index contributed by atoms with van der Waals surface area (Å²) in [5.41, 5.74) is 9.06. The molecule has 6 aromatic rings. The van der Waals surface area contributed by atoms with E-state index in [1.165, 1.54) is 71.8 Å². The second-order valence-electron chi connectivity index (χ2n) is 16.0. The highest BCUT2D eigenvalue weighted by Crippen LogP contribution is 2.53. The number of benzene rings is 6. The van der Waals surface area contributed by atoms with Gasteiger partial charge in [0.2, 0.25) is 5.69 Å². The first kappa shape index (κ1) is 34.6. The van der Waals surface area contributed by atoms with Crippen LogP contribution in [0, 0.1) is 5.92 Å². The van der Waals surface area contributed by atoms with Gasteiger partial charge in [0.15, 0.2) is 5.71 Å². The van der Waals surface area contributed by atoms with Crippen LogP contribution in [0.3, 0.4) is 0 Å². The van der Waals surface area contributed by atoms with E-state index in [2.05, 4.69) is 203 Å². The molecule has 2 aliphatic rings. The lowest BCUT2D eigenvalue weighted by molar-refractivity contribution is -0.401. The molecule has 6 aromatic carbocycles. The molecule has 0 aliphatic carbocycles. The third-order valence-electron chi connectivity index (χ3n) is 11.9. The zero-order valence-corrected chi connectivity index (χ0v) is 31.9. The fourth-order valence-corrected chi connectivity index (χ4v) is 9.35. The van der Waals surface area contributed by atoms with Gasteiger partial charge in [0, 0.05) is 41.1 Å². The Morgan fingerprint density at radius 3 is 2.06 bits per heavy atom. The van der Waals surface area contributed by atoms with Crippen molar-refractivity contribution in [3.8, 4) is 0 Å². The number of allylic oxidation sites excluding steroid dienone is 7. The van der Waals surface area contributed by atoms with E-state index in [4.69, 9.17) is 0 Å². The summed E-state index contributed by atoms with van der Waals surface area (Å²) < 4.78 is 2.42. The molecule has 8 rings (SSSR count). The third kappa shape index (κ3) is 5.95. The lowest BCUT2D eigenvalue weighted by Crippen LogP contribution is -2.33. The molecule has 0 aromatic heterocycles. The highest BCUT2D eigenvalue weighted by atomic mass is 15.2. The predicted molar refractivity (Wildman–Crippen MR) is 229 cm³/mol. The van der Waals surface area contributed by atoms with E-state index in [1.807, 2.05) is 0 Å². The molecular formula is C51H51N2+. The normalized spacial score (nSPS) is 20.6. The molecule has 2 atom stereocenters.